The van der Waals surface area contributed by atoms with Gasteiger partial charge in [-0.2, -0.15) is 0 Å². The van der Waals surface area contributed by atoms with Gasteiger partial charge >= 0.3 is 0 Å². The standard InChI is InChI=1S/C20H22N2O2/c1-16-9-4-5-12-19(16)24-14-7-6-13-21-20(23)17-10-8-11-18(15-17)22(2)3/h4-5,8-12,15H,13-14H2,1-3H3,(H,21,23). The van der Waals surface area contributed by atoms with Crippen LogP contribution in [0.2, 0.25) is 0 Å². The van der Waals surface area contributed by atoms with Crippen LogP contribution >= 0.6 is 0 Å². The molecule has 1 amide bonds. The normalized spacial score (nSPS) is 9.62. The topological polar surface area (TPSA) is 41.6 Å². The Bertz CT molecular complexity index is 757. The average molecular weight is 322 g/mol. The van der Waals surface area contributed by atoms with Crippen molar-refractivity contribution >= 4 is 11.6 Å². The molecule has 0 aliphatic heterocycles. The number of hydrogen-bond acceptors (Lipinski definition) is 3. The van der Waals surface area contributed by atoms with Crippen molar-refractivity contribution in [2.24, 2.45) is 0 Å². The zero-order valence-electron chi connectivity index (χ0n) is 14.3. The van der Waals surface area contributed by atoms with Gasteiger partial charge in [0, 0.05) is 25.3 Å². The summed E-state index contributed by atoms with van der Waals surface area (Å²) >= 11 is 0. The lowest BCUT2D eigenvalue weighted by molar-refractivity contribution is 0.0958. The van der Waals surface area contributed by atoms with E-state index in [1.54, 1.807) is 6.07 Å². The van der Waals surface area contributed by atoms with E-state index in [1.165, 1.54) is 0 Å². The van der Waals surface area contributed by atoms with Crippen LogP contribution in [0.3, 0.4) is 0 Å². The molecule has 4 heteroatoms. The number of aryl methyl sites for hydroxylation is 1. The highest BCUT2D eigenvalue weighted by Gasteiger charge is 2.05. The third-order valence-electron chi connectivity index (χ3n) is 3.48. The Kier molecular flexibility index (Phi) is 6.27. The van der Waals surface area contributed by atoms with Gasteiger partial charge in [-0.15, -0.1) is 0 Å². The molecule has 0 atom stereocenters. The van der Waals surface area contributed by atoms with Gasteiger partial charge < -0.3 is 15.0 Å². The molecule has 0 saturated carbocycles. The van der Waals surface area contributed by atoms with Crippen molar-refractivity contribution in [3.8, 4) is 17.6 Å². The highest BCUT2D eigenvalue weighted by molar-refractivity contribution is 5.95. The number of nitrogens with zero attached hydrogens (tertiary/aromatic N) is 1. The Morgan fingerprint density at radius 1 is 1.12 bits per heavy atom. The van der Waals surface area contributed by atoms with Crippen LogP contribution < -0.4 is 15.0 Å². The quantitative estimate of drug-likeness (QED) is 0.861. The van der Waals surface area contributed by atoms with Crippen LogP contribution in [0.5, 0.6) is 5.75 Å². The fourth-order valence-electron chi connectivity index (χ4n) is 2.10. The fraction of sp³-hybridized carbons (Fsp3) is 0.250. The number of carbonyl (C=O) groups is 1. The highest BCUT2D eigenvalue weighted by Crippen LogP contribution is 2.15. The number of amides is 1. The number of hydrogen-bond donors (Lipinski definition) is 1. The molecule has 0 aromatic heterocycles. The Morgan fingerprint density at radius 2 is 1.92 bits per heavy atom. The SMILES string of the molecule is Cc1ccccc1OCC#CCNC(=O)c1cccc(N(C)C)c1. The molecule has 0 saturated heterocycles. The van der Waals surface area contributed by atoms with Crippen LogP contribution in [-0.2, 0) is 0 Å². The van der Waals surface area contributed by atoms with Crippen molar-refractivity contribution in [3.63, 3.8) is 0 Å². The van der Waals surface area contributed by atoms with Gasteiger partial charge in [-0.05, 0) is 36.8 Å². The lowest BCUT2D eigenvalue weighted by Crippen LogP contribution is -2.24. The van der Waals surface area contributed by atoms with E-state index in [0.29, 0.717) is 18.7 Å². The summed E-state index contributed by atoms with van der Waals surface area (Å²) in [5, 5.41) is 2.79. The fourth-order valence-corrected chi connectivity index (χ4v) is 2.10. The number of nitrogens with one attached hydrogen (secondary N) is 1. The number of anilines is 1. The molecule has 0 bridgehead atoms. The van der Waals surface area contributed by atoms with E-state index in [-0.39, 0.29) is 5.91 Å². The smallest absolute Gasteiger partial charge is 0.252 e. The van der Waals surface area contributed by atoms with Gasteiger partial charge in [0.05, 0.1) is 6.54 Å². The van der Waals surface area contributed by atoms with Crippen LogP contribution in [0.15, 0.2) is 48.5 Å². The van der Waals surface area contributed by atoms with Crippen LogP contribution in [-0.4, -0.2) is 33.2 Å². The van der Waals surface area contributed by atoms with Gasteiger partial charge in [0.25, 0.3) is 5.91 Å². The summed E-state index contributed by atoms with van der Waals surface area (Å²) in [5.41, 5.74) is 2.69. The van der Waals surface area contributed by atoms with Gasteiger partial charge in [-0.1, -0.05) is 36.1 Å². The molecule has 24 heavy (non-hydrogen) atoms. The molecule has 2 rings (SSSR count). The molecule has 0 heterocycles. The minimum absolute atomic E-state index is 0.132. The van der Waals surface area contributed by atoms with Crippen molar-refractivity contribution in [1.29, 1.82) is 0 Å². The largest absolute Gasteiger partial charge is 0.481 e. The van der Waals surface area contributed by atoms with E-state index in [2.05, 4.69) is 17.2 Å². The van der Waals surface area contributed by atoms with E-state index < -0.39 is 0 Å². The van der Waals surface area contributed by atoms with Gasteiger partial charge in [-0.25, -0.2) is 0 Å². The zero-order chi connectivity index (χ0) is 17.4. The van der Waals surface area contributed by atoms with E-state index in [0.717, 1.165) is 17.0 Å². The molecule has 0 aliphatic rings. The second-order valence-electron chi connectivity index (χ2n) is 5.54. The van der Waals surface area contributed by atoms with E-state index in [4.69, 9.17) is 4.74 Å². The minimum Gasteiger partial charge on any atom is -0.481 e. The maximum absolute atomic E-state index is 12.1. The summed E-state index contributed by atoms with van der Waals surface area (Å²) in [6, 6.07) is 15.3. The summed E-state index contributed by atoms with van der Waals surface area (Å²) in [6.07, 6.45) is 0. The summed E-state index contributed by atoms with van der Waals surface area (Å²) in [6.45, 7) is 2.59. The minimum atomic E-state index is -0.132. The Labute approximate surface area is 143 Å². The Hall–Kier alpha value is -2.93. The lowest BCUT2D eigenvalue weighted by Gasteiger charge is -2.13. The first kappa shape index (κ1) is 17.4. The van der Waals surface area contributed by atoms with Crippen molar-refractivity contribution in [2.45, 2.75) is 6.92 Å². The van der Waals surface area contributed by atoms with Crippen LogP contribution in [0.1, 0.15) is 15.9 Å². The monoisotopic (exact) mass is 322 g/mol. The molecule has 2 aromatic carbocycles. The molecule has 0 fully saturated rings. The van der Waals surface area contributed by atoms with Crippen molar-refractivity contribution in [1.82, 2.24) is 5.32 Å². The highest BCUT2D eigenvalue weighted by atomic mass is 16.5. The van der Waals surface area contributed by atoms with Crippen molar-refractivity contribution in [3.05, 3.63) is 59.7 Å². The van der Waals surface area contributed by atoms with Crippen LogP contribution in [0, 0.1) is 18.8 Å². The third kappa shape index (κ3) is 5.06. The van der Waals surface area contributed by atoms with E-state index in [1.807, 2.05) is 68.4 Å². The summed E-state index contributed by atoms with van der Waals surface area (Å²) < 4.78 is 5.58. The molecular formula is C20H22N2O2. The lowest BCUT2D eigenvalue weighted by atomic mass is 10.2. The second kappa shape index (κ2) is 8.64. The summed E-state index contributed by atoms with van der Waals surface area (Å²) in [5.74, 6) is 6.50. The molecule has 0 aliphatic carbocycles. The predicted octanol–water partition coefficient (Wildman–Crippen LogP) is 2.87. The molecule has 1 N–H and O–H groups in total. The van der Waals surface area contributed by atoms with Gasteiger partial charge in [0.15, 0.2) is 0 Å². The molecule has 4 nitrogen and oxygen atoms in total. The number of ether oxygens (including phenoxy) is 1. The molecular weight excluding hydrogens is 300 g/mol. The number of para-hydroxylation sites is 1. The Balaban J connectivity index is 1.79. The number of carbonyl (C=O) groups excluding carboxylic acids is 1. The maximum Gasteiger partial charge on any atom is 0.252 e. The van der Waals surface area contributed by atoms with Crippen LogP contribution in [0.25, 0.3) is 0 Å². The van der Waals surface area contributed by atoms with E-state index >= 15 is 0 Å². The van der Waals surface area contributed by atoms with Gasteiger partial charge in [0.1, 0.15) is 12.4 Å². The number of rotatable bonds is 5. The Morgan fingerprint density at radius 3 is 2.67 bits per heavy atom. The molecule has 124 valence electrons. The molecule has 0 spiro atoms. The first-order chi connectivity index (χ1) is 11.6. The third-order valence-corrected chi connectivity index (χ3v) is 3.48. The summed E-state index contributed by atoms with van der Waals surface area (Å²) in [7, 11) is 3.88. The van der Waals surface area contributed by atoms with Crippen molar-refractivity contribution in [2.75, 3.05) is 32.1 Å². The van der Waals surface area contributed by atoms with Gasteiger partial charge in [-0.3, -0.25) is 4.79 Å². The average Bonchev–Trinajstić information content (AvgIpc) is 2.59. The maximum atomic E-state index is 12.1. The zero-order valence-corrected chi connectivity index (χ0v) is 14.3. The van der Waals surface area contributed by atoms with Crippen LogP contribution in [0.4, 0.5) is 5.69 Å². The predicted molar refractivity (Wildman–Crippen MR) is 97.6 cm³/mol. The molecule has 0 unspecified atom stereocenters. The molecule has 0 radical (unpaired) electrons. The first-order valence-corrected chi connectivity index (χ1v) is 7.77. The molecule has 2 aromatic rings. The first-order valence-electron chi connectivity index (χ1n) is 7.77. The second-order valence-corrected chi connectivity index (χ2v) is 5.54. The number of benzene rings is 2. The van der Waals surface area contributed by atoms with E-state index in [9.17, 15) is 4.79 Å². The summed E-state index contributed by atoms with van der Waals surface area (Å²) in [4.78, 5) is 14.0. The van der Waals surface area contributed by atoms with Gasteiger partial charge in [0.2, 0.25) is 0 Å². The van der Waals surface area contributed by atoms with Crippen molar-refractivity contribution < 1.29 is 9.53 Å².